The molecular formula is C10H11N5O2. The van der Waals surface area contributed by atoms with Crippen LogP contribution in [0.1, 0.15) is 17.2 Å². The molecule has 1 aromatic carbocycles. The normalized spacial score (nSPS) is 13.2. The third kappa shape index (κ3) is 3.09. The van der Waals surface area contributed by atoms with Gasteiger partial charge in [-0.25, -0.2) is 0 Å². The lowest BCUT2D eigenvalue weighted by molar-refractivity contribution is 0.0248. The van der Waals surface area contributed by atoms with Crippen LogP contribution < -0.4 is 5.73 Å². The highest BCUT2D eigenvalue weighted by molar-refractivity contribution is 5.52. The lowest BCUT2D eigenvalue weighted by Gasteiger charge is -2.18. The Labute approximate surface area is 97.3 Å². The molecule has 7 heteroatoms. The number of nitrogen functional groups attached to an aromatic ring is 1. The van der Waals surface area contributed by atoms with E-state index in [1.807, 2.05) is 6.07 Å². The minimum absolute atomic E-state index is 0.240. The van der Waals surface area contributed by atoms with E-state index in [2.05, 4.69) is 10.0 Å². The van der Waals surface area contributed by atoms with Crippen molar-refractivity contribution in [1.29, 1.82) is 5.26 Å². The molecule has 0 fully saturated rings. The van der Waals surface area contributed by atoms with Gasteiger partial charge in [0.05, 0.1) is 24.3 Å². The molecule has 1 rings (SSSR count). The molecule has 88 valence electrons. The fourth-order valence-corrected chi connectivity index (χ4v) is 1.33. The first kappa shape index (κ1) is 12.8. The summed E-state index contributed by atoms with van der Waals surface area (Å²) in [7, 11) is 0. The van der Waals surface area contributed by atoms with E-state index in [0.29, 0.717) is 5.56 Å². The van der Waals surface area contributed by atoms with Crippen molar-refractivity contribution in [3.8, 4) is 6.07 Å². The molecule has 0 aromatic heterocycles. The molecule has 0 aliphatic heterocycles. The molecule has 0 aliphatic carbocycles. The minimum atomic E-state index is -1.30. The maximum Gasteiger partial charge on any atom is 0.107 e. The molecule has 2 atom stereocenters. The van der Waals surface area contributed by atoms with Crippen molar-refractivity contribution < 1.29 is 10.2 Å². The molecule has 7 nitrogen and oxygen atoms in total. The maximum absolute atomic E-state index is 9.79. The quantitative estimate of drug-likeness (QED) is 0.307. The first-order valence-corrected chi connectivity index (χ1v) is 4.76. The lowest BCUT2D eigenvalue weighted by Crippen LogP contribution is -2.22. The van der Waals surface area contributed by atoms with Gasteiger partial charge in [0.15, 0.2) is 0 Å². The Morgan fingerprint density at radius 2 is 2.24 bits per heavy atom. The van der Waals surface area contributed by atoms with Crippen LogP contribution in [0.15, 0.2) is 23.3 Å². The highest BCUT2D eigenvalue weighted by atomic mass is 16.3. The molecule has 1 aromatic rings. The van der Waals surface area contributed by atoms with Crippen LogP contribution in [0.4, 0.5) is 5.69 Å². The van der Waals surface area contributed by atoms with Gasteiger partial charge in [-0.2, -0.15) is 5.26 Å². The van der Waals surface area contributed by atoms with Crippen LogP contribution in [0.5, 0.6) is 0 Å². The number of anilines is 1. The number of hydrogen-bond acceptors (Lipinski definition) is 5. The molecule has 2 unspecified atom stereocenters. The second-order valence-corrected chi connectivity index (χ2v) is 3.38. The van der Waals surface area contributed by atoms with Crippen LogP contribution in [-0.2, 0) is 0 Å². The van der Waals surface area contributed by atoms with Crippen molar-refractivity contribution in [2.45, 2.75) is 12.2 Å². The zero-order chi connectivity index (χ0) is 12.8. The lowest BCUT2D eigenvalue weighted by atomic mass is 10.0. The molecule has 0 aliphatic rings. The maximum atomic E-state index is 9.79. The van der Waals surface area contributed by atoms with Gasteiger partial charge >= 0.3 is 0 Å². The number of rotatable bonds is 4. The van der Waals surface area contributed by atoms with Crippen LogP contribution >= 0.6 is 0 Å². The Morgan fingerprint density at radius 1 is 1.53 bits per heavy atom. The summed E-state index contributed by atoms with van der Waals surface area (Å²) in [5, 5.41) is 31.2. The number of azide groups is 1. The Morgan fingerprint density at radius 3 is 2.82 bits per heavy atom. The summed E-state index contributed by atoms with van der Waals surface area (Å²) in [5.74, 6) is 0. The number of aliphatic hydroxyl groups excluding tert-OH is 2. The molecule has 0 heterocycles. The fourth-order valence-electron chi connectivity index (χ4n) is 1.33. The van der Waals surface area contributed by atoms with Crippen LogP contribution in [0.2, 0.25) is 0 Å². The van der Waals surface area contributed by atoms with E-state index in [9.17, 15) is 10.2 Å². The first-order valence-electron chi connectivity index (χ1n) is 4.76. The Balaban J connectivity index is 2.98. The van der Waals surface area contributed by atoms with E-state index in [1.165, 1.54) is 18.2 Å². The summed E-state index contributed by atoms with van der Waals surface area (Å²) in [4.78, 5) is 2.48. The van der Waals surface area contributed by atoms with Gasteiger partial charge in [-0.15, -0.1) is 0 Å². The Kier molecular flexibility index (Phi) is 4.31. The summed E-state index contributed by atoms with van der Waals surface area (Å²) in [6.45, 7) is -0.270. The number of hydrogen-bond donors (Lipinski definition) is 3. The van der Waals surface area contributed by atoms with Gasteiger partial charge in [-0.05, 0) is 23.7 Å². The number of nitriles is 1. The molecule has 4 N–H and O–H groups in total. The van der Waals surface area contributed by atoms with Gasteiger partial charge in [-0.3, -0.25) is 0 Å². The van der Waals surface area contributed by atoms with E-state index in [0.717, 1.165) is 0 Å². The van der Waals surface area contributed by atoms with Crippen molar-refractivity contribution in [3.05, 3.63) is 39.8 Å². The average molecular weight is 233 g/mol. The molecule has 17 heavy (non-hydrogen) atoms. The van der Waals surface area contributed by atoms with Gasteiger partial charge < -0.3 is 15.9 Å². The van der Waals surface area contributed by atoms with E-state index >= 15 is 0 Å². The van der Waals surface area contributed by atoms with E-state index < -0.39 is 12.2 Å². The predicted octanol–water partition coefficient (Wildman–Crippen LogP) is 0.845. The number of nitrogens with two attached hydrogens (primary N) is 1. The van der Waals surface area contributed by atoms with Gasteiger partial charge in [0.1, 0.15) is 6.10 Å². The number of nitrogens with zero attached hydrogens (tertiary/aromatic N) is 4. The van der Waals surface area contributed by atoms with Crippen molar-refractivity contribution in [2.75, 3.05) is 12.3 Å². The molecule has 0 saturated carbocycles. The molecule has 0 spiro atoms. The smallest absolute Gasteiger partial charge is 0.107 e. The molecular weight excluding hydrogens is 222 g/mol. The van der Waals surface area contributed by atoms with Crippen molar-refractivity contribution in [3.63, 3.8) is 0 Å². The van der Waals surface area contributed by atoms with Crippen molar-refractivity contribution in [2.24, 2.45) is 5.11 Å². The number of aliphatic hydroxyl groups is 2. The van der Waals surface area contributed by atoms with Crippen LogP contribution in [0, 0.1) is 11.3 Å². The molecule has 0 radical (unpaired) electrons. The molecule has 0 amide bonds. The minimum Gasteiger partial charge on any atom is -0.398 e. The Hall–Kier alpha value is -2.26. The van der Waals surface area contributed by atoms with Gasteiger partial charge in [0, 0.05) is 16.2 Å². The summed E-state index contributed by atoms with van der Waals surface area (Å²) >= 11 is 0. The predicted molar refractivity (Wildman–Crippen MR) is 60.5 cm³/mol. The van der Waals surface area contributed by atoms with E-state index in [-0.39, 0.29) is 17.8 Å². The van der Waals surface area contributed by atoms with Gasteiger partial charge in [-0.1, -0.05) is 5.11 Å². The van der Waals surface area contributed by atoms with Crippen molar-refractivity contribution in [1.82, 2.24) is 0 Å². The molecule has 0 saturated heterocycles. The third-order valence-corrected chi connectivity index (χ3v) is 2.23. The third-order valence-electron chi connectivity index (χ3n) is 2.23. The monoisotopic (exact) mass is 233 g/mol. The molecule has 0 bridgehead atoms. The zero-order valence-corrected chi connectivity index (χ0v) is 8.85. The second-order valence-electron chi connectivity index (χ2n) is 3.38. The second kappa shape index (κ2) is 5.72. The van der Waals surface area contributed by atoms with Gasteiger partial charge in [0.2, 0.25) is 0 Å². The topological polar surface area (TPSA) is 139 Å². The average Bonchev–Trinajstić information content (AvgIpc) is 2.35. The van der Waals surface area contributed by atoms with Crippen LogP contribution in [0.3, 0.4) is 0 Å². The zero-order valence-electron chi connectivity index (χ0n) is 8.85. The van der Waals surface area contributed by atoms with E-state index in [1.54, 1.807) is 0 Å². The van der Waals surface area contributed by atoms with Gasteiger partial charge in [0.25, 0.3) is 0 Å². The van der Waals surface area contributed by atoms with E-state index in [4.69, 9.17) is 16.5 Å². The summed E-state index contributed by atoms with van der Waals surface area (Å²) in [5.41, 5.74) is 14.6. The highest BCUT2D eigenvalue weighted by Gasteiger charge is 2.20. The summed E-state index contributed by atoms with van der Waals surface area (Å²) in [6, 6.07) is 6.26. The Bertz CT molecular complexity index is 490. The first-order chi connectivity index (χ1) is 8.10. The summed E-state index contributed by atoms with van der Waals surface area (Å²) < 4.78 is 0. The van der Waals surface area contributed by atoms with Crippen LogP contribution in [-0.4, -0.2) is 22.9 Å². The van der Waals surface area contributed by atoms with Crippen molar-refractivity contribution >= 4 is 5.69 Å². The fraction of sp³-hybridized carbons (Fsp3) is 0.300. The SMILES string of the molecule is N#Cc1ccc(N)c(C(O)C(O)CN=[N+]=[N-])c1. The van der Waals surface area contributed by atoms with Crippen LogP contribution in [0.25, 0.3) is 10.4 Å². The standard InChI is InChI=1S/C10H11N5O2/c11-4-6-1-2-8(12)7(3-6)10(17)9(16)5-14-15-13/h1-3,9-10,16-17H,5,12H2. The highest BCUT2D eigenvalue weighted by Crippen LogP contribution is 2.24. The largest absolute Gasteiger partial charge is 0.398 e. The summed E-state index contributed by atoms with van der Waals surface area (Å²) in [6.07, 6.45) is -2.56. The number of benzene rings is 1.